The molecular formula is C20H24ClN5O. The van der Waals surface area contributed by atoms with Gasteiger partial charge in [0.25, 0.3) is 0 Å². The highest BCUT2D eigenvalue weighted by atomic mass is 35.5. The zero-order valence-electron chi connectivity index (χ0n) is 15.4. The molecule has 1 aliphatic rings. The number of hydrogen-bond donors (Lipinski definition) is 1. The first-order valence-electron chi connectivity index (χ1n) is 9.03. The minimum Gasteiger partial charge on any atom is -0.356 e. The highest BCUT2D eigenvalue weighted by Gasteiger charge is 2.25. The third-order valence-corrected chi connectivity index (χ3v) is 4.76. The smallest absolute Gasteiger partial charge is 0.242 e. The van der Waals surface area contributed by atoms with Crippen LogP contribution in [0.5, 0.6) is 0 Å². The first-order chi connectivity index (χ1) is 13.2. The van der Waals surface area contributed by atoms with Crippen LogP contribution in [0.4, 0.5) is 0 Å². The average Bonchev–Trinajstić information content (AvgIpc) is 2.69. The van der Waals surface area contributed by atoms with E-state index < -0.39 is 0 Å². The molecule has 2 aromatic rings. The Hall–Kier alpha value is -2.60. The Morgan fingerprint density at radius 2 is 2.04 bits per heavy atom. The second kappa shape index (κ2) is 9.37. The van der Waals surface area contributed by atoms with Gasteiger partial charge in [-0.15, -0.1) is 0 Å². The number of benzene rings is 1. The minimum atomic E-state index is 0.101. The Labute approximate surface area is 164 Å². The molecule has 0 aliphatic carbocycles. The molecule has 27 heavy (non-hydrogen) atoms. The van der Waals surface area contributed by atoms with Gasteiger partial charge in [-0.1, -0.05) is 29.8 Å². The zero-order valence-corrected chi connectivity index (χ0v) is 16.2. The van der Waals surface area contributed by atoms with E-state index in [0.29, 0.717) is 24.7 Å². The topological polar surface area (TPSA) is 60.8 Å². The second-order valence-electron chi connectivity index (χ2n) is 6.41. The van der Waals surface area contributed by atoms with E-state index >= 15 is 0 Å². The lowest BCUT2D eigenvalue weighted by Gasteiger charge is -2.36. The molecular weight excluding hydrogens is 362 g/mol. The maximum absolute atomic E-state index is 12.6. The van der Waals surface area contributed by atoms with Crippen molar-refractivity contribution in [1.82, 2.24) is 20.1 Å². The summed E-state index contributed by atoms with van der Waals surface area (Å²) in [4.78, 5) is 25.1. The van der Waals surface area contributed by atoms with Crippen molar-refractivity contribution in [1.29, 1.82) is 0 Å². The molecule has 0 spiro atoms. The number of carbonyl (C=O) groups excluding carboxylic acids is 1. The van der Waals surface area contributed by atoms with Crippen LogP contribution in [-0.4, -0.2) is 59.9 Å². The molecule has 7 heteroatoms. The maximum Gasteiger partial charge on any atom is 0.242 e. The predicted molar refractivity (Wildman–Crippen MR) is 108 cm³/mol. The van der Waals surface area contributed by atoms with E-state index in [0.717, 1.165) is 36.7 Å². The summed E-state index contributed by atoms with van der Waals surface area (Å²) >= 11 is 5.92. The molecule has 1 amide bonds. The second-order valence-corrected chi connectivity index (χ2v) is 6.84. The number of guanidine groups is 1. The van der Waals surface area contributed by atoms with Crippen LogP contribution in [-0.2, 0) is 17.8 Å². The summed E-state index contributed by atoms with van der Waals surface area (Å²) < 4.78 is 0. The molecule has 0 atom stereocenters. The number of rotatable bonds is 5. The van der Waals surface area contributed by atoms with Gasteiger partial charge < -0.3 is 15.1 Å². The number of carbonyl (C=O) groups is 1. The van der Waals surface area contributed by atoms with Crippen LogP contribution < -0.4 is 5.32 Å². The van der Waals surface area contributed by atoms with E-state index in [1.165, 1.54) is 0 Å². The lowest BCUT2D eigenvalue weighted by molar-refractivity contribution is -0.135. The molecule has 1 aromatic heterocycles. The van der Waals surface area contributed by atoms with Crippen molar-refractivity contribution in [2.75, 3.05) is 33.2 Å². The van der Waals surface area contributed by atoms with Gasteiger partial charge in [-0.3, -0.25) is 14.8 Å². The van der Waals surface area contributed by atoms with Gasteiger partial charge in [0.15, 0.2) is 5.96 Å². The van der Waals surface area contributed by atoms with Crippen molar-refractivity contribution in [2.24, 2.45) is 4.99 Å². The van der Waals surface area contributed by atoms with Crippen molar-refractivity contribution >= 4 is 23.5 Å². The van der Waals surface area contributed by atoms with Gasteiger partial charge in [0, 0.05) is 56.6 Å². The molecule has 0 bridgehead atoms. The quantitative estimate of drug-likeness (QED) is 0.633. The molecule has 0 saturated carbocycles. The SMILES string of the molecule is CN=C(NCCc1ccccn1)N1CCN(Cc2ccc(Cl)cc2)C(=O)C1. The summed E-state index contributed by atoms with van der Waals surface area (Å²) in [6.07, 6.45) is 2.60. The van der Waals surface area contributed by atoms with E-state index in [9.17, 15) is 4.79 Å². The normalized spacial score (nSPS) is 15.2. The van der Waals surface area contributed by atoms with E-state index in [2.05, 4.69) is 15.3 Å². The number of hydrogen-bond acceptors (Lipinski definition) is 3. The fraction of sp³-hybridized carbons (Fsp3) is 0.350. The predicted octanol–water partition coefficient (Wildman–Crippen LogP) is 2.20. The van der Waals surface area contributed by atoms with Crippen LogP contribution >= 0.6 is 11.6 Å². The standard InChI is InChI=1S/C20H24ClN5O/c1-22-20(24-11-9-18-4-2-3-10-23-18)26-13-12-25(19(27)15-26)14-16-5-7-17(21)8-6-16/h2-8,10H,9,11-15H2,1H3,(H,22,24). The summed E-state index contributed by atoms with van der Waals surface area (Å²) in [6.45, 7) is 3.08. The molecule has 3 rings (SSSR count). The van der Waals surface area contributed by atoms with Crippen LogP contribution in [0, 0.1) is 0 Å². The largest absolute Gasteiger partial charge is 0.356 e. The van der Waals surface area contributed by atoms with Gasteiger partial charge in [0.1, 0.15) is 0 Å². The Morgan fingerprint density at radius 1 is 1.22 bits per heavy atom. The van der Waals surface area contributed by atoms with Gasteiger partial charge >= 0.3 is 0 Å². The number of nitrogens with zero attached hydrogens (tertiary/aromatic N) is 4. The molecule has 6 nitrogen and oxygen atoms in total. The van der Waals surface area contributed by atoms with Crippen molar-refractivity contribution in [3.63, 3.8) is 0 Å². The van der Waals surface area contributed by atoms with E-state index in [4.69, 9.17) is 11.6 Å². The zero-order chi connectivity index (χ0) is 19.1. The Balaban J connectivity index is 1.49. The third-order valence-electron chi connectivity index (χ3n) is 4.51. The highest BCUT2D eigenvalue weighted by Crippen LogP contribution is 2.13. The molecule has 1 saturated heterocycles. The fourth-order valence-corrected chi connectivity index (χ4v) is 3.17. The molecule has 0 radical (unpaired) electrons. The van der Waals surface area contributed by atoms with Gasteiger partial charge in [-0.2, -0.15) is 0 Å². The van der Waals surface area contributed by atoms with Crippen LogP contribution in [0.1, 0.15) is 11.3 Å². The van der Waals surface area contributed by atoms with Gasteiger partial charge in [0.05, 0.1) is 6.54 Å². The Morgan fingerprint density at radius 3 is 2.70 bits per heavy atom. The van der Waals surface area contributed by atoms with Gasteiger partial charge in [-0.25, -0.2) is 0 Å². The number of aromatic nitrogens is 1. The van der Waals surface area contributed by atoms with Crippen LogP contribution in [0.25, 0.3) is 0 Å². The number of nitrogens with one attached hydrogen (secondary N) is 1. The molecule has 1 aliphatic heterocycles. The molecule has 0 unspecified atom stereocenters. The summed E-state index contributed by atoms with van der Waals surface area (Å²) in [7, 11) is 1.74. The van der Waals surface area contributed by atoms with E-state index in [1.807, 2.05) is 52.3 Å². The molecule has 1 fully saturated rings. The summed E-state index contributed by atoms with van der Waals surface area (Å²) in [6, 6.07) is 13.5. The van der Waals surface area contributed by atoms with Gasteiger partial charge in [0.2, 0.25) is 5.91 Å². The third kappa shape index (κ3) is 5.44. The number of aliphatic imine (C=N–C) groups is 1. The van der Waals surface area contributed by atoms with Crippen LogP contribution in [0.15, 0.2) is 53.7 Å². The highest BCUT2D eigenvalue weighted by molar-refractivity contribution is 6.30. The first-order valence-corrected chi connectivity index (χ1v) is 9.41. The Kier molecular flexibility index (Phi) is 6.65. The molecule has 1 N–H and O–H groups in total. The fourth-order valence-electron chi connectivity index (χ4n) is 3.05. The van der Waals surface area contributed by atoms with Crippen molar-refractivity contribution < 1.29 is 4.79 Å². The average molecular weight is 386 g/mol. The number of pyridine rings is 1. The molecule has 2 heterocycles. The van der Waals surface area contributed by atoms with Gasteiger partial charge in [-0.05, 0) is 29.8 Å². The van der Waals surface area contributed by atoms with Crippen molar-refractivity contribution in [2.45, 2.75) is 13.0 Å². The minimum absolute atomic E-state index is 0.101. The van der Waals surface area contributed by atoms with Crippen LogP contribution in [0.3, 0.4) is 0 Å². The van der Waals surface area contributed by atoms with Crippen LogP contribution in [0.2, 0.25) is 5.02 Å². The van der Waals surface area contributed by atoms with E-state index in [1.54, 1.807) is 13.2 Å². The first kappa shape index (κ1) is 19.2. The number of piperazine rings is 1. The number of halogens is 1. The van der Waals surface area contributed by atoms with E-state index in [-0.39, 0.29) is 5.91 Å². The van der Waals surface area contributed by atoms with Crippen molar-refractivity contribution in [3.05, 3.63) is 64.9 Å². The molecule has 142 valence electrons. The molecule has 1 aromatic carbocycles. The maximum atomic E-state index is 12.6. The van der Waals surface area contributed by atoms with Crippen molar-refractivity contribution in [3.8, 4) is 0 Å². The monoisotopic (exact) mass is 385 g/mol. The Bertz CT molecular complexity index is 779. The summed E-state index contributed by atoms with van der Waals surface area (Å²) in [5.74, 6) is 0.856. The lowest BCUT2D eigenvalue weighted by atomic mass is 10.2. The summed E-state index contributed by atoms with van der Waals surface area (Å²) in [5, 5.41) is 4.03. The number of amides is 1. The summed E-state index contributed by atoms with van der Waals surface area (Å²) in [5.41, 5.74) is 2.11. The lowest BCUT2D eigenvalue weighted by Crippen LogP contribution is -2.55.